The number of nitrogens with zero attached hydrogens (tertiary/aromatic N) is 2. The van der Waals surface area contributed by atoms with Gasteiger partial charge in [-0.1, -0.05) is 33.1 Å². The van der Waals surface area contributed by atoms with Gasteiger partial charge in [0.1, 0.15) is 5.78 Å². The molecule has 112 valence electrons. The van der Waals surface area contributed by atoms with Crippen molar-refractivity contribution in [2.24, 2.45) is 16.7 Å². The van der Waals surface area contributed by atoms with Gasteiger partial charge < -0.3 is 0 Å². The Morgan fingerprint density at radius 1 is 0.850 bits per heavy atom. The zero-order valence-corrected chi connectivity index (χ0v) is 13.2. The lowest BCUT2D eigenvalue weighted by atomic mass is 9.59. The Bertz CT molecular complexity index is 412. The summed E-state index contributed by atoms with van der Waals surface area (Å²) in [4.78, 5) is 18.1. The number of rotatable bonds is 1. The lowest BCUT2D eigenvalue weighted by molar-refractivity contribution is -0.241. The summed E-state index contributed by atoms with van der Waals surface area (Å²) in [6.07, 6.45) is 6.97. The average Bonchev–Trinajstić information content (AvgIpc) is 2.41. The summed E-state index contributed by atoms with van der Waals surface area (Å²) in [5.74, 6) is 1.33. The maximum atomic E-state index is 12.8. The summed E-state index contributed by atoms with van der Waals surface area (Å²) in [6.45, 7) is 10.8. The first-order chi connectivity index (χ1) is 9.38. The van der Waals surface area contributed by atoms with Crippen LogP contribution in [0, 0.1) is 16.7 Å². The first-order valence-electron chi connectivity index (χ1n) is 8.44. The summed E-state index contributed by atoms with van der Waals surface area (Å²) in [7, 11) is 0. The fourth-order valence-corrected chi connectivity index (χ4v) is 5.92. The molecule has 1 aliphatic carbocycles. The van der Waals surface area contributed by atoms with E-state index in [4.69, 9.17) is 0 Å². The van der Waals surface area contributed by atoms with Crippen LogP contribution in [0.1, 0.15) is 52.9 Å². The molecule has 4 aliphatic heterocycles. The average molecular weight is 276 g/mol. The highest BCUT2D eigenvalue weighted by atomic mass is 16.1. The number of ketones is 1. The molecule has 0 amide bonds. The molecule has 0 aromatic rings. The minimum absolute atomic E-state index is 0.112. The van der Waals surface area contributed by atoms with Crippen molar-refractivity contribution >= 4 is 5.78 Å². The van der Waals surface area contributed by atoms with Crippen LogP contribution in [0.3, 0.4) is 0 Å². The maximum absolute atomic E-state index is 12.8. The number of hydrogen-bond donors (Lipinski definition) is 0. The summed E-state index contributed by atoms with van der Waals surface area (Å²) < 4.78 is 0. The van der Waals surface area contributed by atoms with Gasteiger partial charge in [0, 0.05) is 26.2 Å². The highest BCUT2D eigenvalue weighted by molar-refractivity contribution is 5.92. The lowest BCUT2D eigenvalue weighted by Crippen LogP contribution is -2.83. The van der Waals surface area contributed by atoms with Gasteiger partial charge in [0.15, 0.2) is 0 Å². The van der Waals surface area contributed by atoms with Gasteiger partial charge in [-0.2, -0.15) is 0 Å². The molecule has 3 heteroatoms. The summed E-state index contributed by atoms with van der Waals surface area (Å²) >= 11 is 0. The van der Waals surface area contributed by atoms with Crippen LogP contribution in [0.2, 0.25) is 0 Å². The van der Waals surface area contributed by atoms with Gasteiger partial charge in [-0.25, -0.2) is 0 Å². The van der Waals surface area contributed by atoms with Crippen molar-refractivity contribution in [1.29, 1.82) is 0 Å². The Labute approximate surface area is 122 Å². The van der Waals surface area contributed by atoms with Crippen LogP contribution in [0.15, 0.2) is 0 Å². The largest absolute Gasteiger partial charge is 0.298 e. The van der Waals surface area contributed by atoms with E-state index in [-0.39, 0.29) is 16.5 Å². The van der Waals surface area contributed by atoms with Gasteiger partial charge in [0.25, 0.3) is 0 Å². The number of Topliss-reactive ketones (excluding diaryl/α,β-unsaturated/α-hetero) is 1. The van der Waals surface area contributed by atoms with Crippen LogP contribution in [0.4, 0.5) is 0 Å². The van der Waals surface area contributed by atoms with Crippen LogP contribution >= 0.6 is 0 Å². The highest BCUT2D eigenvalue weighted by Gasteiger charge is 2.66. The topological polar surface area (TPSA) is 23.6 Å². The van der Waals surface area contributed by atoms with E-state index in [0.717, 1.165) is 32.1 Å². The van der Waals surface area contributed by atoms with Crippen molar-refractivity contribution in [3.8, 4) is 0 Å². The molecular weight excluding hydrogens is 248 g/mol. The Hall–Kier alpha value is -0.410. The third-order valence-corrected chi connectivity index (χ3v) is 6.91. The van der Waals surface area contributed by atoms with Gasteiger partial charge in [-0.3, -0.25) is 14.6 Å². The molecule has 3 nitrogen and oxygen atoms in total. The third-order valence-electron chi connectivity index (χ3n) is 6.91. The smallest absolute Gasteiger partial charge is 0.149 e. The molecule has 0 radical (unpaired) electrons. The minimum atomic E-state index is -0.112. The van der Waals surface area contributed by atoms with Gasteiger partial charge in [-0.05, 0) is 25.7 Å². The first kappa shape index (κ1) is 13.3. The van der Waals surface area contributed by atoms with E-state index in [1.807, 2.05) is 0 Å². The van der Waals surface area contributed by atoms with Gasteiger partial charge in [0.2, 0.25) is 0 Å². The van der Waals surface area contributed by atoms with E-state index in [1.165, 1.54) is 32.1 Å². The minimum Gasteiger partial charge on any atom is -0.298 e. The summed E-state index contributed by atoms with van der Waals surface area (Å²) in [5.41, 5.74) is -0.000998. The van der Waals surface area contributed by atoms with E-state index >= 15 is 0 Å². The highest BCUT2D eigenvalue weighted by Crippen LogP contribution is 2.54. The quantitative estimate of drug-likeness (QED) is 0.735. The molecule has 5 aliphatic rings. The van der Waals surface area contributed by atoms with Crippen molar-refractivity contribution in [2.75, 3.05) is 26.2 Å². The molecule has 4 bridgehead atoms. The van der Waals surface area contributed by atoms with Gasteiger partial charge >= 0.3 is 0 Å². The van der Waals surface area contributed by atoms with Crippen LogP contribution in [0.5, 0.6) is 0 Å². The van der Waals surface area contributed by atoms with Crippen molar-refractivity contribution in [1.82, 2.24) is 9.80 Å². The van der Waals surface area contributed by atoms with E-state index < -0.39 is 0 Å². The molecule has 0 N–H and O–H groups in total. The zero-order valence-electron chi connectivity index (χ0n) is 13.2. The molecule has 5 fully saturated rings. The van der Waals surface area contributed by atoms with Crippen molar-refractivity contribution < 1.29 is 4.79 Å². The van der Waals surface area contributed by atoms with Gasteiger partial charge in [-0.15, -0.1) is 0 Å². The zero-order chi connectivity index (χ0) is 14.2. The second kappa shape index (κ2) is 3.86. The molecule has 0 aromatic carbocycles. The van der Waals surface area contributed by atoms with Crippen LogP contribution < -0.4 is 0 Å². The van der Waals surface area contributed by atoms with E-state index in [0.29, 0.717) is 5.78 Å². The molecule has 0 spiro atoms. The summed E-state index contributed by atoms with van der Waals surface area (Å²) in [5, 5.41) is 0. The second-order valence-corrected chi connectivity index (χ2v) is 8.59. The monoisotopic (exact) mass is 276 g/mol. The van der Waals surface area contributed by atoms with Crippen molar-refractivity contribution in [3.63, 3.8) is 0 Å². The maximum Gasteiger partial charge on any atom is 0.149 e. The lowest BCUT2D eigenvalue weighted by Gasteiger charge is -2.71. The summed E-state index contributed by atoms with van der Waals surface area (Å²) in [6, 6.07) is 0. The molecule has 0 unspecified atom stereocenters. The van der Waals surface area contributed by atoms with Gasteiger partial charge in [0.05, 0.1) is 16.5 Å². The first-order valence-corrected chi connectivity index (χ1v) is 8.44. The predicted octanol–water partition coefficient (Wildman–Crippen LogP) is 2.51. The van der Waals surface area contributed by atoms with Crippen LogP contribution in [-0.4, -0.2) is 47.4 Å². The number of carbonyl (C=O) groups excluding carboxylic acids is 1. The molecule has 1 saturated carbocycles. The van der Waals surface area contributed by atoms with Crippen molar-refractivity contribution in [2.45, 2.75) is 58.5 Å². The van der Waals surface area contributed by atoms with Crippen LogP contribution in [-0.2, 0) is 4.79 Å². The van der Waals surface area contributed by atoms with Crippen molar-refractivity contribution in [3.05, 3.63) is 0 Å². The standard InChI is InChI=1S/C17H28N2O/c1-15-9-18-11-16(2,14(15)20)12-19(10-15)17(18,3)13-7-5-4-6-8-13/h13H,4-12H2,1-3H3. The second-order valence-electron chi connectivity index (χ2n) is 8.59. The molecule has 4 saturated heterocycles. The molecule has 0 atom stereocenters. The normalized spacial score (nSPS) is 55.5. The van der Waals surface area contributed by atoms with Crippen LogP contribution in [0.25, 0.3) is 0 Å². The molecule has 20 heavy (non-hydrogen) atoms. The Morgan fingerprint density at radius 2 is 1.30 bits per heavy atom. The predicted molar refractivity (Wildman–Crippen MR) is 79.3 cm³/mol. The Balaban J connectivity index is 1.71. The fraction of sp³-hybridized carbons (Fsp3) is 0.941. The number of piperidine rings is 2. The van der Waals surface area contributed by atoms with E-state index in [1.54, 1.807) is 0 Å². The SMILES string of the molecule is CC12CN3CC(C)(CN(C1)C3(C)C1CCCCC1)C2=O. The number of carbonyl (C=O) groups is 1. The molecule has 0 aromatic heterocycles. The molecule has 4 heterocycles. The Morgan fingerprint density at radius 3 is 1.75 bits per heavy atom. The fourth-order valence-electron chi connectivity index (χ4n) is 5.92. The molecular formula is C17H28N2O. The Kier molecular flexibility index (Phi) is 2.56. The number of hydrogen-bond acceptors (Lipinski definition) is 3. The van der Waals surface area contributed by atoms with E-state index in [9.17, 15) is 4.79 Å². The molecule has 5 rings (SSSR count). The third kappa shape index (κ3) is 1.46. The van der Waals surface area contributed by atoms with E-state index in [2.05, 4.69) is 30.6 Å².